The van der Waals surface area contributed by atoms with E-state index in [1.807, 2.05) is 20.8 Å². The van der Waals surface area contributed by atoms with E-state index in [0.717, 1.165) is 19.3 Å². The van der Waals surface area contributed by atoms with E-state index >= 15 is 0 Å². The van der Waals surface area contributed by atoms with Crippen LogP contribution in [0.4, 0.5) is 0 Å². The monoisotopic (exact) mass is 364 g/mol. The molecule has 0 heterocycles. The number of rotatable bonds is 15. The molecular weight excluding hydrogens is 328 g/mol. The van der Waals surface area contributed by atoms with E-state index in [1.165, 1.54) is 0 Å². The van der Waals surface area contributed by atoms with E-state index in [2.05, 4.69) is 10.6 Å². The second kappa shape index (κ2) is 13.6. The summed E-state index contributed by atoms with van der Waals surface area (Å²) in [6.45, 7) is 5.82. The highest BCUT2D eigenvalue weighted by Gasteiger charge is 2.29. The lowest BCUT2D eigenvalue weighted by molar-refractivity contribution is -0.121. The van der Waals surface area contributed by atoms with Gasteiger partial charge in [-0.1, -0.05) is 27.2 Å². The highest BCUT2D eigenvalue weighted by molar-refractivity contribution is 5.83. The van der Waals surface area contributed by atoms with Gasteiger partial charge in [0.25, 0.3) is 0 Å². The number of unbranched alkanes of at least 4 members (excludes halogenated alkanes) is 1. The van der Waals surface area contributed by atoms with Crippen molar-refractivity contribution in [2.75, 3.05) is 19.7 Å². The molecule has 150 valence electrons. The molecule has 0 aliphatic carbocycles. The molecule has 0 radical (unpaired) electrons. The fourth-order valence-corrected chi connectivity index (χ4v) is 2.52. The molecule has 0 aromatic heterocycles. The van der Waals surface area contributed by atoms with Gasteiger partial charge in [0.1, 0.15) is 24.1 Å². The van der Waals surface area contributed by atoms with Crippen molar-refractivity contribution in [3.63, 3.8) is 0 Å². The number of aliphatic hydroxyl groups excluding tert-OH is 5. The zero-order chi connectivity index (χ0) is 19.4. The van der Waals surface area contributed by atoms with Gasteiger partial charge in [0, 0.05) is 19.0 Å². The lowest BCUT2D eigenvalue weighted by Gasteiger charge is -2.25. The van der Waals surface area contributed by atoms with Crippen LogP contribution < -0.4 is 10.6 Å². The van der Waals surface area contributed by atoms with Crippen LogP contribution in [0.25, 0.3) is 0 Å². The fourth-order valence-electron chi connectivity index (χ4n) is 2.52. The summed E-state index contributed by atoms with van der Waals surface area (Å²) in [5.74, 6) is 0.205. The van der Waals surface area contributed by atoms with E-state index in [0.29, 0.717) is 13.0 Å². The van der Waals surface area contributed by atoms with Crippen molar-refractivity contribution in [1.29, 1.82) is 0 Å². The van der Waals surface area contributed by atoms with Crippen LogP contribution in [0.3, 0.4) is 0 Å². The van der Waals surface area contributed by atoms with Gasteiger partial charge >= 0.3 is 0 Å². The van der Waals surface area contributed by atoms with Gasteiger partial charge in [-0.3, -0.25) is 4.79 Å². The third-order valence-electron chi connectivity index (χ3n) is 4.05. The minimum Gasteiger partial charge on any atom is -0.394 e. The zero-order valence-electron chi connectivity index (χ0n) is 15.6. The maximum absolute atomic E-state index is 11.9. The number of Topliss-reactive ketones (excluding diaryl/α,β-unsaturated/α-hetero) is 1. The Labute approximate surface area is 150 Å². The highest BCUT2D eigenvalue weighted by Crippen LogP contribution is 2.06. The molecule has 0 aromatic carbocycles. The van der Waals surface area contributed by atoms with Crippen LogP contribution in [0.15, 0.2) is 0 Å². The number of carbonyl (C=O) groups excluding carboxylic acids is 1. The van der Waals surface area contributed by atoms with Crippen LogP contribution >= 0.6 is 0 Å². The van der Waals surface area contributed by atoms with E-state index < -0.39 is 31.0 Å². The smallest absolute Gasteiger partial charge is 0.149 e. The van der Waals surface area contributed by atoms with E-state index in [4.69, 9.17) is 5.11 Å². The molecule has 8 nitrogen and oxygen atoms in total. The topological polar surface area (TPSA) is 142 Å². The van der Waals surface area contributed by atoms with E-state index in [1.54, 1.807) is 0 Å². The average molecular weight is 364 g/mol. The Bertz CT molecular complexity index is 356. The summed E-state index contributed by atoms with van der Waals surface area (Å²) in [5, 5.41) is 53.2. The van der Waals surface area contributed by atoms with Crippen LogP contribution in [-0.4, -0.2) is 87.5 Å². The average Bonchev–Trinajstić information content (AvgIpc) is 2.60. The molecule has 25 heavy (non-hydrogen) atoms. The lowest BCUT2D eigenvalue weighted by atomic mass is 10.0. The Kier molecular flexibility index (Phi) is 13.2. The molecule has 0 amide bonds. The first-order valence-electron chi connectivity index (χ1n) is 9.07. The van der Waals surface area contributed by atoms with Gasteiger partial charge in [0.15, 0.2) is 0 Å². The Morgan fingerprint density at radius 1 is 1.00 bits per heavy atom. The number of hydrogen-bond acceptors (Lipinski definition) is 8. The lowest BCUT2D eigenvalue weighted by Crippen LogP contribution is -2.49. The standard InChI is InChI=1S/C17H36N2O6/c1-4-13(21)12(19-11(2)3)7-5-6-8-18-9-14(22)16(24)17(25)15(23)10-20/h11-12,14-20,22-25H,4-10H2,1-3H3/t12-,14?,15?,16?,17?/m0/s1. The third kappa shape index (κ3) is 10.2. The summed E-state index contributed by atoms with van der Waals surface area (Å²) in [6.07, 6.45) is -3.00. The predicted molar refractivity (Wildman–Crippen MR) is 95.2 cm³/mol. The minimum absolute atomic E-state index is 0.0535. The molecule has 0 bridgehead atoms. The maximum Gasteiger partial charge on any atom is 0.149 e. The summed E-state index contributed by atoms with van der Waals surface area (Å²) in [6, 6.07) is 0.114. The van der Waals surface area contributed by atoms with Gasteiger partial charge in [-0.05, 0) is 19.4 Å². The Morgan fingerprint density at radius 3 is 2.12 bits per heavy atom. The van der Waals surface area contributed by atoms with Crippen molar-refractivity contribution in [3.05, 3.63) is 0 Å². The second-order valence-corrected chi connectivity index (χ2v) is 6.69. The van der Waals surface area contributed by atoms with Gasteiger partial charge in [0.2, 0.25) is 0 Å². The first kappa shape index (κ1) is 24.4. The fraction of sp³-hybridized carbons (Fsp3) is 0.941. The van der Waals surface area contributed by atoms with Gasteiger partial charge in [-0.15, -0.1) is 0 Å². The van der Waals surface area contributed by atoms with Crippen LogP contribution in [0.1, 0.15) is 46.5 Å². The maximum atomic E-state index is 11.9. The van der Waals surface area contributed by atoms with Crippen molar-refractivity contribution in [1.82, 2.24) is 10.6 Å². The van der Waals surface area contributed by atoms with Crippen molar-refractivity contribution < 1.29 is 30.3 Å². The molecule has 4 unspecified atom stereocenters. The molecule has 0 aliphatic rings. The second-order valence-electron chi connectivity index (χ2n) is 6.69. The molecule has 0 spiro atoms. The van der Waals surface area contributed by atoms with Gasteiger partial charge in [0.05, 0.1) is 18.8 Å². The van der Waals surface area contributed by atoms with Crippen LogP contribution in [-0.2, 0) is 4.79 Å². The molecule has 0 saturated carbocycles. The van der Waals surface area contributed by atoms with Crippen LogP contribution in [0.5, 0.6) is 0 Å². The third-order valence-corrected chi connectivity index (χ3v) is 4.05. The molecule has 8 heteroatoms. The van der Waals surface area contributed by atoms with Crippen molar-refractivity contribution in [2.24, 2.45) is 0 Å². The molecule has 5 atom stereocenters. The zero-order valence-corrected chi connectivity index (χ0v) is 15.6. The highest BCUT2D eigenvalue weighted by atomic mass is 16.4. The van der Waals surface area contributed by atoms with Gasteiger partial charge in [-0.25, -0.2) is 0 Å². The molecule has 0 aliphatic heterocycles. The Hall–Kier alpha value is -0.610. The first-order valence-corrected chi connectivity index (χ1v) is 9.07. The van der Waals surface area contributed by atoms with Crippen LogP contribution in [0.2, 0.25) is 0 Å². The van der Waals surface area contributed by atoms with E-state index in [9.17, 15) is 25.2 Å². The molecule has 7 N–H and O–H groups in total. The normalized spacial score (nSPS) is 18.0. The number of ketones is 1. The molecule has 0 fully saturated rings. The van der Waals surface area contributed by atoms with Gasteiger partial charge in [-0.2, -0.15) is 0 Å². The van der Waals surface area contributed by atoms with Crippen molar-refractivity contribution >= 4 is 5.78 Å². The van der Waals surface area contributed by atoms with Crippen molar-refractivity contribution in [3.8, 4) is 0 Å². The summed E-state index contributed by atoms with van der Waals surface area (Å²) in [5.41, 5.74) is 0. The van der Waals surface area contributed by atoms with E-state index in [-0.39, 0.29) is 24.4 Å². The number of hydrogen-bond donors (Lipinski definition) is 7. The summed E-state index contributed by atoms with van der Waals surface area (Å²) < 4.78 is 0. The Balaban J connectivity index is 3.98. The molecule has 0 rings (SSSR count). The summed E-state index contributed by atoms with van der Waals surface area (Å²) in [4.78, 5) is 11.9. The molecular formula is C17H36N2O6. The first-order chi connectivity index (χ1) is 11.7. The predicted octanol–water partition coefficient (Wildman–Crippen LogP) is -1.47. The SMILES string of the molecule is CCC(=O)[C@H](CCCCNCC(O)C(O)C(O)C(O)CO)NC(C)C. The minimum atomic E-state index is -1.61. The molecule has 0 saturated heterocycles. The largest absolute Gasteiger partial charge is 0.394 e. The number of nitrogens with one attached hydrogen (secondary N) is 2. The number of aliphatic hydroxyl groups is 5. The van der Waals surface area contributed by atoms with Crippen molar-refractivity contribution in [2.45, 2.75) is 83.0 Å². The van der Waals surface area contributed by atoms with Gasteiger partial charge < -0.3 is 36.2 Å². The van der Waals surface area contributed by atoms with Crippen LogP contribution in [0, 0.1) is 0 Å². The summed E-state index contributed by atoms with van der Waals surface area (Å²) >= 11 is 0. The number of carbonyl (C=O) groups is 1. The molecule has 0 aromatic rings. The Morgan fingerprint density at radius 2 is 1.60 bits per heavy atom. The quantitative estimate of drug-likeness (QED) is 0.175. The summed E-state index contributed by atoms with van der Waals surface area (Å²) in [7, 11) is 0.